The summed E-state index contributed by atoms with van der Waals surface area (Å²) in [5.41, 5.74) is 1.01. The Morgan fingerprint density at radius 1 is 1.37 bits per heavy atom. The van der Waals surface area contributed by atoms with E-state index in [0.717, 1.165) is 30.8 Å². The number of benzene rings is 1. The van der Waals surface area contributed by atoms with Crippen molar-refractivity contribution in [3.8, 4) is 5.75 Å². The highest BCUT2D eigenvalue weighted by molar-refractivity contribution is 5.91. The predicted molar refractivity (Wildman–Crippen MR) is 77.0 cm³/mol. The van der Waals surface area contributed by atoms with Crippen LogP contribution in [0.4, 0.5) is 0 Å². The van der Waals surface area contributed by atoms with Gasteiger partial charge in [0, 0.05) is 19.2 Å². The van der Waals surface area contributed by atoms with Gasteiger partial charge < -0.3 is 9.64 Å². The minimum absolute atomic E-state index is 0.113. The lowest BCUT2D eigenvalue weighted by Crippen LogP contribution is -2.38. The van der Waals surface area contributed by atoms with Gasteiger partial charge in [-0.3, -0.25) is 4.79 Å². The summed E-state index contributed by atoms with van der Waals surface area (Å²) >= 11 is 0. The molecule has 1 aliphatic rings. The average molecular weight is 259 g/mol. The van der Waals surface area contributed by atoms with Gasteiger partial charge in [0.1, 0.15) is 5.75 Å². The standard InChI is InChI=1S/C16H21NO2/c1-13-4-3-11-17(12-13)16(18)10-7-14-5-8-15(19-2)9-6-14/h5-10,13H,3-4,11-12H2,1-2H3. The van der Waals surface area contributed by atoms with Crippen molar-refractivity contribution in [1.29, 1.82) is 0 Å². The van der Waals surface area contributed by atoms with Gasteiger partial charge in [0.2, 0.25) is 5.91 Å². The van der Waals surface area contributed by atoms with Gasteiger partial charge in [0.25, 0.3) is 0 Å². The van der Waals surface area contributed by atoms with E-state index in [1.165, 1.54) is 6.42 Å². The Morgan fingerprint density at radius 3 is 2.74 bits per heavy atom. The molecule has 2 rings (SSSR count). The Labute approximate surface area is 114 Å². The van der Waals surface area contributed by atoms with Crippen LogP contribution >= 0.6 is 0 Å². The number of nitrogens with zero attached hydrogens (tertiary/aromatic N) is 1. The summed E-state index contributed by atoms with van der Waals surface area (Å²) in [4.78, 5) is 14.0. The first-order valence-corrected chi connectivity index (χ1v) is 6.80. The molecule has 1 saturated heterocycles. The van der Waals surface area contributed by atoms with Crippen molar-refractivity contribution in [3.63, 3.8) is 0 Å². The summed E-state index contributed by atoms with van der Waals surface area (Å²) in [6.07, 6.45) is 5.87. The van der Waals surface area contributed by atoms with Crippen LogP contribution in [0.2, 0.25) is 0 Å². The number of methoxy groups -OCH3 is 1. The number of amides is 1. The van der Waals surface area contributed by atoms with Crippen LogP contribution in [0, 0.1) is 5.92 Å². The highest BCUT2D eigenvalue weighted by atomic mass is 16.5. The normalized spacial score (nSPS) is 19.7. The molecule has 1 unspecified atom stereocenters. The maximum atomic E-state index is 12.1. The van der Waals surface area contributed by atoms with Gasteiger partial charge in [-0.15, -0.1) is 0 Å². The molecular weight excluding hydrogens is 238 g/mol. The molecule has 3 nitrogen and oxygen atoms in total. The zero-order chi connectivity index (χ0) is 13.7. The average Bonchev–Trinajstić information content (AvgIpc) is 2.45. The van der Waals surface area contributed by atoms with Gasteiger partial charge in [-0.2, -0.15) is 0 Å². The summed E-state index contributed by atoms with van der Waals surface area (Å²) in [6, 6.07) is 7.68. The first-order chi connectivity index (χ1) is 9.19. The summed E-state index contributed by atoms with van der Waals surface area (Å²) < 4.78 is 5.10. The van der Waals surface area contributed by atoms with Crippen LogP contribution in [0.1, 0.15) is 25.3 Å². The molecule has 3 heteroatoms. The van der Waals surface area contributed by atoms with E-state index in [0.29, 0.717) is 5.92 Å². The van der Waals surface area contributed by atoms with Crippen LogP contribution in [0.25, 0.3) is 6.08 Å². The molecular formula is C16H21NO2. The van der Waals surface area contributed by atoms with Crippen molar-refractivity contribution in [2.24, 2.45) is 5.92 Å². The number of carbonyl (C=O) groups excluding carboxylic acids is 1. The predicted octanol–water partition coefficient (Wildman–Crippen LogP) is 2.97. The van der Waals surface area contributed by atoms with E-state index >= 15 is 0 Å². The second-order valence-electron chi connectivity index (χ2n) is 5.14. The minimum atomic E-state index is 0.113. The number of rotatable bonds is 3. The molecule has 1 heterocycles. The number of carbonyl (C=O) groups is 1. The molecule has 0 spiro atoms. The minimum Gasteiger partial charge on any atom is -0.497 e. The summed E-state index contributed by atoms with van der Waals surface area (Å²) in [5, 5.41) is 0. The van der Waals surface area contributed by atoms with Crippen LogP contribution in [-0.2, 0) is 4.79 Å². The maximum Gasteiger partial charge on any atom is 0.246 e. The van der Waals surface area contributed by atoms with E-state index in [4.69, 9.17) is 4.74 Å². The molecule has 1 aromatic rings. The van der Waals surface area contributed by atoms with Gasteiger partial charge >= 0.3 is 0 Å². The molecule has 1 aromatic carbocycles. The largest absolute Gasteiger partial charge is 0.497 e. The molecule has 1 amide bonds. The fourth-order valence-electron chi connectivity index (χ4n) is 2.38. The molecule has 1 fully saturated rings. The Balaban J connectivity index is 1.95. The monoisotopic (exact) mass is 259 g/mol. The fraction of sp³-hybridized carbons (Fsp3) is 0.438. The van der Waals surface area contributed by atoms with E-state index in [2.05, 4.69) is 6.92 Å². The molecule has 0 saturated carbocycles. The molecule has 1 atom stereocenters. The number of hydrogen-bond acceptors (Lipinski definition) is 2. The van der Waals surface area contributed by atoms with Crippen molar-refractivity contribution < 1.29 is 9.53 Å². The van der Waals surface area contributed by atoms with Crippen molar-refractivity contribution in [2.45, 2.75) is 19.8 Å². The lowest BCUT2D eigenvalue weighted by Gasteiger charge is -2.30. The topological polar surface area (TPSA) is 29.5 Å². The summed E-state index contributed by atoms with van der Waals surface area (Å²) in [6.45, 7) is 3.97. The SMILES string of the molecule is COc1ccc(C=CC(=O)N2CCCC(C)C2)cc1. The molecule has 0 radical (unpaired) electrons. The first kappa shape index (κ1) is 13.7. The lowest BCUT2D eigenvalue weighted by atomic mass is 10.0. The molecule has 0 bridgehead atoms. The number of ether oxygens (including phenoxy) is 1. The van der Waals surface area contributed by atoms with Gasteiger partial charge in [-0.25, -0.2) is 0 Å². The summed E-state index contributed by atoms with van der Waals surface area (Å²) in [5.74, 6) is 1.56. The highest BCUT2D eigenvalue weighted by Gasteiger charge is 2.18. The van der Waals surface area contributed by atoms with Crippen LogP contribution < -0.4 is 4.74 Å². The Morgan fingerprint density at radius 2 is 2.11 bits per heavy atom. The molecule has 19 heavy (non-hydrogen) atoms. The molecule has 102 valence electrons. The lowest BCUT2D eigenvalue weighted by molar-refractivity contribution is -0.127. The Kier molecular flexibility index (Phi) is 4.61. The number of piperidine rings is 1. The molecule has 0 aliphatic carbocycles. The zero-order valence-electron chi connectivity index (χ0n) is 11.6. The van der Waals surface area contributed by atoms with Gasteiger partial charge in [-0.05, 0) is 42.5 Å². The second kappa shape index (κ2) is 6.41. The summed E-state index contributed by atoms with van der Waals surface area (Å²) in [7, 11) is 1.64. The van der Waals surface area contributed by atoms with Gasteiger partial charge in [0.05, 0.1) is 7.11 Å². The second-order valence-corrected chi connectivity index (χ2v) is 5.14. The van der Waals surface area contributed by atoms with Crippen LogP contribution in [-0.4, -0.2) is 31.0 Å². The van der Waals surface area contributed by atoms with E-state index in [1.807, 2.05) is 35.2 Å². The van der Waals surface area contributed by atoms with E-state index in [1.54, 1.807) is 13.2 Å². The Hall–Kier alpha value is -1.77. The third-order valence-electron chi connectivity index (χ3n) is 3.50. The van der Waals surface area contributed by atoms with Crippen molar-refractivity contribution in [1.82, 2.24) is 4.90 Å². The molecule has 1 aliphatic heterocycles. The van der Waals surface area contributed by atoms with Crippen molar-refractivity contribution in [3.05, 3.63) is 35.9 Å². The third kappa shape index (κ3) is 3.85. The molecule has 0 N–H and O–H groups in total. The van der Waals surface area contributed by atoms with E-state index in [9.17, 15) is 4.79 Å². The Bertz CT molecular complexity index is 450. The molecule has 0 aromatic heterocycles. The first-order valence-electron chi connectivity index (χ1n) is 6.80. The van der Waals surface area contributed by atoms with Crippen LogP contribution in [0.3, 0.4) is 0 Å². The maximum absolute atomic E-state index is 12.1. The van der Waals surface area contributed by atoms with Crippen LogP contribution in [0.5, 0.6) is 5.75 Å². The van der Waals surface area contributed by atoms with Crippen LogP contribution in [0.15, 0.2) is 30.3 Å². The smallest absolute Gasteiger partial charge is 0.246 e. The van der Waals surface area contributed by atoms with Gasteiger partial charge in [-0.1, -0.05) is 19.1 Å². The van der Waals surface area contributed by atoms with Gasteiger partial charge in [0.15, 0.2) is 0 Å². The highest BCUT2D eigenvalue weighted by Crippen LogP contribution is 2.16. The van der Waals surface area contributed by atoms with Crippen molar-refractivity contribution in [2.75, 3.05) is 20.2 Å². The zero-order valence-corrected chi connectivity index (χ0v) is 11.6. The number of hydrogen-bond donors (Lipinski definition) is 0. The quantitative estimate of drug-likeness (QED) is 0.781. The number of likely N-dealkylation sites (tertiary alicyclic amines) is 1. The van der Waals surface area contributed by atoms with E-state index in [-0.39, 0.29) is 5.91 Å². The van der Waals surface area contributed by atoms with E-state index < -0.39 is 0 Å². The fourth-order valence-corrected chi connectivity index (χ4v) is 2.38. The van der Waals surface area contributed by atoms with Crippen molar-refractivity contribution >= 4 is 12.0 Å². The third-order valence-corrected chi connectivity index (χ3v) is 3.50.